The standard InChI is InChI=1S/C26H35N5O7S/c1-16-9-17(2)25(18(3)10-16)39(36,37)30-22(26(34)35)13-29-24(33)15-38-21-11-20(31(14-21)19(4)32)12-28-23-7-5-6-8-27-23/h5-10,20-22,30H,11-15H2,1-4H3,(H,27,28)(H,29,33)(H,34,35). The van der Waals surface area contributed by atoms with Crippen LogP contribution in [0.25, 0.3) is 0 Å². The predicted molar refractivity (Wildman–Crippen MR) is 144 cm³/mol. The molecule has 0 bridgehead atoms. The van der Waals surface area contributed by atoms with Crippen LogP contribution < -0.4 is 15.4 Å². The average molecular weight is 562 g/mol. The van der Waals surface area contributed by atoms with Crippen LogP contribution in [0.15, 0.2) is 41.4 Å². The van der Waals surface area contributed by atoms with Gasteiger partial charge in [0, 0.05) is 32.8 Å². The predicted octanol–water partition coefficient (Wildman–Crippen LogP) is 0.973. The summed E-state index contributed by atoms with van der Waals surface area (Å²) in [6.07, 6.45) is 1.77. The Kier molecular flexibility index (Phi) is 10.0. The van der Waals surface area contributed by atoms with Gasteiger partial charge in [-0.2, -0.15) is 4.72 Å². The molecule has 0 saturated carbocycles. The number of benzene rings is 1. The summed E-state index contributed by atoms with van der Waals surface area (Å²) in [5, 5.41) is 15.2. The van der Waals surface area contributed by atoms with Crippen molar-refractivity contribution in [3.63, 3.8) is 0 Å². The molecule has 0 aliphatic carbocycles. The van der Waals surface area contributed by atoms with Crippen molar-refractivity contribution in [1.29, 1.82) is 0 Å². The first kappa shape index (κ1) is 30.0. The molecule has 3 rings (SSSR count). The third-order valence-corrected chi connectivity index (χ3v) is 8.16. The average Bonchev–Trinajstić information content (AvgIpc) is 3.27. The van der Waals surface area contributed by atoms with Gasteiger partial charge in [0.2, 0.25) is 21.8 Å². The van der Waals surface area contributed by atoms with Crippen LogP contribution in [0.4, 0.5) is 5.82 Å². The van der Waals surface area contributed by atoms with E-state index in [-0.39, 0.29) is 23.5 Å². The maximum atomic E-state index is 13.0. The van der Waals surface area contributed by atoms with Crippen molar-refractivity contribution in [2.24, 2.45) is 0 Å². The summed E-state index contributed by atoms with van der Waals surface area (Å²) >= 11 is 0. The van der Waals surface area contributed by atoms with E-state index in [0.717, 1.165) is 5.56 Å². The molecular formula is C26H35N5O7S. The number of likely N-dealkylation sites (tertiary alicyclic amines) is 1. The van der Waals surface area contributed by atoms with Gasteiger partial charge in [-0.15, -0.1) is 0 Å². The number of anilines is 1. The summed E-state index contributed by atoms with van der Waals surface area (Å²) in [5.41, 5.74) is 1.87. The Morgan fingerprint density at radius 1 is 1.18 bits per heavy atom. The van der Waals surface area contributed by atoms with Crippen LogP contribution in [0.2, 0.25) is 0 Å². The Hall–Kier alpha value is -3.55. The molecular weight excluding hydrogens is 526 g/mol. The van der Waals surface area contributed by atoms with E-state index < -0.39 is 40.6 Å². The van der Waals surface area contributed by atoms with E-state index in [1.165, 1.54) is 6.92 Å². The van der Waals surface area contributed by atoms with Gasteiger partial charge in [-0.3, -0.25) is 14.4 Å². The van der Waals surface area contributed by atoms with E-state index in [9.17, 15) is 27.9 Å². The zero-order chi connectivity index (χ0) is 28.7. The number of nitrogens with zero attached hydrogens (tertiary/aromatic N) is 2. The van der Waals surface area contributed by atoms with E-state index in [1.54, 1.807) is 43.1 Å². The van der Waals surface area contributed by atoms with E-state index >= 15 is 0 Å². The van der Waals surface area contributed by atoms with Crippen molar-refractivity contribution >= 4 is 33.6 Å². The molecule has 3 atom stereocenters. The number of carboxylic acids is 1. The van der Waals surface area contributed by atoms with Crippen LogP contribution in [-0.4, -0.2) is 85.6 Å². The fourth-order valence-electron chi connectivity index (χ4n) is 4.74. The molecule has 1 fully saturated rings. The lowest BCUT2D eigenvalue weighted by Gasteiger charge is -2.23. The molecule has 1 aromatic heterocycles. The second-order valence-electron chi connectivity index (χ2n) is 9.63. The van der Waals surface area contributed by atoms with Gasteiger partial charge in [0.25, 0.3) is 0 Å². The zero-order valence-corrected chi connectivity index (χ0v) is 23.2. The van der Waals surface area contributed by atoms with Gasteiger partial charge in [-0.1, -0.05) is 23.8 Å². The lowest BCUT2D eigenvalue weighted by atomic mass is 10.1. The van der Waals surface area contributed by atoms with E-state index in [2.05, 4.69) is 20.3 Å². The molecule has 1 aliphatic rings. The molecule has 2 heterocycles. The van der Waals surface area contributed by atoms with Crippen molar-refractivity contribution in [3.8, 4) is 0 Å². The first-order valence-corrected chi connectivity index (χ1v) is 14.0. The minimum atomic E-state index is -4.16. The lowest BCUT2D eigenvalue weighted by molar-refractivity contribution is -0.139. The number of rotatable bonds is 12. The van der Waals surface area contributed by atoms with Gasteiger partial charge in [0.05, 0.1) is 17.0 Å². The number of aromatic nitrogens is 1. The van der Waals surface area contributed by atoms with Crippen LogP contribution in [0.3, 0.4) is 0 Å². The normalized spacial score (nSPS) is 18.0. The minimum absolute atomic E-state index is 0.0114. The highest BCUT2D eigenvalue weighted by molar-refractivity contribution is 7.89. The van der Waals surface area contributed by atoms with E-state index in [1.807, 2.05) is 19.1 Å². The number of sulfonamides is 1. The SMILES string of the molecule is CC(=O)N1CC(OCC(=O)NCC(NS(=O)(=O)c2c(C)cc(C)cc2C)C(=O)O)CC1CNc1ccccn1. The number of aryl methyl sites for hydroxylation is 3. The van der Waals surface area contributed by atoms with Crippen molar-refractivity contribution in [1.82, 2.24) is 19.9 Å². The Morgan fingerprint density at radius 2 is 1.87 bits per heavy atom. The number of hydrogen-bond donors (Lipinski definition) is 4. The Balaban J connectivity index is 1.52. The Bertz CT molecular complexity index is 1280. The van der Waals surface area contributed by atoms with Crippen LogP contribution in [0.5, 0.6) is 0 Å². The second-order valence-corrected chi connectivity index (χ2v) is 11.3. The molecule has 4 N–H and O–H groups in total. The molecule has 1 saturated heterocycles. The van der Waals surface area contributed by atoms with Crippen LogP contribution in [-0.2, 0) is 29.1 Å². The molecule has 0 spiro atoms. The van der Waals surface area contributed by atoms with E-state index in [0.29, 0.717) is 36.5 Å². The fraction of sp³-hybridized carbons (Fsp3) is 0.462. The summed E-state index contributed by atoms with van der Waals surface area (Å²) in [5.74, 6) is -1.47. The first-order chi connectivity index (χ1) is 18.4. The molecule has 39 heavy (non-hydrogen) atoms. The summed E-state index contributed by atoms with van der Waals surface area (Å²) in [6.45, 7) is 6.51. The maximum Gasteiger partial charge on any atom is 0.323 e. The summed E-state index contributed by atoms with van der Waals surface area (Å²) in [6, 6.07) is 7.13. The number of carbonyl (C=O) groups excluding carboxylic acids is 2. The quantitative estimate of drug-likeness (QED) is 0.295. The minimum Gasteiger partial charge on any atom is -0.480 e. The van der Waals surface area contributed by atoms with E-state index in [4.69, 9.17) is 4.74 Å². The van der Waals surface area contributed by atoms with Gasteiger partial charge in [0.15, 0.2) is 0 Å². The zero-order valence-electron chi connectivity index (χ0n) is 22.4. The number of hydrogen-bond acceptors (Lipinski definition) is 8. The largest absolute Gasteiger partial charge is 0.480 e. The molecule has 2 amide bonds. The highest BCUT2D eigenvalue weighted by atomic mass is 32.2. The topological polar surface area (TPSA) is 167 Å². The Morgan fingerprint density at radius 3 is 2.46 bits per heavy atom. The molecule has 3 unspecified atom stereocenters. The highest BCUT2D eigenvalue weighted by Gasteiger charge is 2.35. The van der Waals surface area contributed by atoms with Gasteiger partial charge in [0.1, 0.15) is 18.5 Å². The summed E-state index contributed by atoms with van der Waals surface area (Å²) in [7, 11) is -4.16. The Labute approximate surface area is 228 Å². The molecule has 212 valence electrons. The van der Waals surface area contributed by atoms with Gasteiger partial charge in [-0.25, -0.2) is 13.4 Å². The molecule has 0 radical (unpaired) electrons. The van der Waals surface area contributed by atoms with Gasteiger partial charge in [-0.05, 0) is 50.5 Å². The number of pyridine rings is 1. The fourth-order valence-corrected chi connectivity index (χ4v) is 6.38. The van der Waals surface area contributed by atoms with Crippen LogP contribution in [0.1, 0.15) is 30.0 Å². The van der Waals surface area contributed by atoms with Crippen molar-refractivity contribution in [2.45, 2.75) is 57.2 Å². The first-order valence-electron chi connectivity index (χ1n) is 12.5. The van der Waals surface area contributed by atoms with Crippen molar-refractivity contribution < 1.29 is 32.6 Å². The third kappa shape index (κ3) is 8.22. The number of ether oxygens (including phenoxy) is 1. The number of aliphatic carboxylic acids is 1. The number of carbonyl (C=O) groups is 3. The lowest BCUT2D eigenvalue weighted by Crippen LogP contribution is -2.49. The van der Waals surface area contributed by atoms with Gasteiger partial charge >= 0.3 is 5.97 Å². The maximum absolute atomic E-state index is 13.0. The molecule has 13 heteroatoms. The van der Waals surface area contributed by atoms with Crippen molar-refractivity contribution in [2.75, 3.05) is 31.6 Å². The monoisotopic (exact) mass is 561 g/mol. The summed E-state index contributed by atoms with van der Waals surface area (Å²) < 4.78 is 33.8. The molecule has 1 aliphatic heterocycles. The number of amides is 2. The molecule has 2 aromatic rings. The molecule has 12 nitrogen and oxygen atoms in total. The van der Waals surface area contributed by atoms with Crippen molar-refractivity contribution in [3.05, 3.63) is 53.2 Å². The van der Waals surface area contributed by atoms with Crippen LogP contribution in [0, 0.1) is 20.8 Å². The highest BCUT2D eigenvalue weighted by Crippen LogP contribution is 2.22. The number of carboxylic acid groups (broad SMARTS) is 1. The smallest absolute Gasteiger partial charge is 0.323 e. The van der Waals surface area contributed by atoms with Crippen LogP contribution >= 0.6 is 0 Å². The number of nitrogens with one attached hydrogen (secondary N) is 3. The van der Waals surface area contributed by atoms with Gasteiger partial charge < -0.3 is 25.4 Å². The second kappa shape index (κ2) is 13.0. The summed E-state index contributed by atoms with van der Waals surface area (Å²) in [4.78, 5) is 42.2. The molecule has 1 aromatic carbocycles. The third-order valence-electron chi connectivity index (χ3n) is 6.39.